The topological polar surface area (TPSA) is 39.3 Å². The normalized spacial score (nSPS) is 33.7. The molecule has 280 valence electrons. The molecule has 0 aromatic rings. The summed E-state index contributed by atoms with van der Waals surface area (Å²) in [7, 11) is 8.44. The van der Waals surface area contributed by atoms with Crippen molar-refractivity contribution < 1.29 is 9.53 Å². The number of hydrogen-bond acceptors (Lipinski definition) is 5. The van der Waals surface area contributed by atoms with Crippen molar-refractivity contribution in [1.82, 2.24) is 19.6 Å². The molecule has 1 aliphatic carbocycles. The number of likely N-dealkylation sites (tertiary alicyclic amines) is 4. The van der Waals surface area contributed by atoms with Gasteiger partial charge in [-0.05, 0) is 141 Å². The minimum Gasteiger partial charge on any atom is -0.378 e. The highest BCUT2D eigenvalue weighted by Gasteiger charge is 2.22. The highest BCUT2D eigenvalue weighted by atomic mass is 16.5. The lowest BCUT2D eigenvalue weighted by Gasteiger charge is -2.26. The third-order valence-corrected chi connectivity index (χ3v) is 11.1. The van der Waals surface area contributed by atoms with E-state index in [-0.39, 0.29) is 5.91 Å². The van der Waals surface area contributed by atoms with Crippen LogP contribution in [0, 0.1) is 41.4 Å². The van der Waals surface area contributed by atoms with Crippen molar-refractivity contribution in [3.63, 3.8) is 0 Å². The number of rotatable bonds is 0. The van der Waals surface area contributed by atoms with Gasteiger partial charge in [0.05, 0.1) is 6.10 Å². The van der Waals surface area contributed by atoms with E-state index in [9.17, 15) is 4.79 Å². The van der Waals surface area contributed by atoms with Gasteiger partial charge >= 0.3 is 0 Å². The van der Waals surface area contributed by atoms with Crippen LogP contribution in [0.5, 0.6) is 0 Å². The Morgan fingerprint density at radius 3 is 1.19 bits per heavy atom. The highest BCUT2D eigenvalue weighted by molar-refractivity contribution is 5.78. The van der Waals surface area contributed by atoms with Crippen LogP contribution in [-0.4, -0.2) is 112 Å². The molecule has 1 amide bonds. The molecule has 6 heteroatoms. The van der Waals surface area contributed by atoms with Crippen molar-refractivity contribution in [3.05, 3.63) is 0 Å². The van der Waals surface area contributed by atoms with Crippen LogP contribution < -0.4 is 0 Å². The van der Waals surface area contributed by atoms with Gasteiger partial charge in [-0.25, -0.2) is 0 Å². The molecule has 6 fully saturated rings. The smallest absolute Gasteiger partial charge is 0.222 e. The summed E-state index contributed by atoms with van der Waals surface area (Å²) in [5.74, 6) is 6.57. The first-order valence-electron chi connectivity index (χ1n) is 20.1. The molecule has 6 rings (SSSR count). The molecule has 6 nitrogen and oxygen atoms in total. The first kappa shape index (κ1) is 44.3. The Kier molecular flexibility index (Phi) is 23.9. The van der Waals surface area contributed by atoms with Crippen LogP contribution in [0.15, 0.2) is 0 Å². The fourth-order valence-corrected chi connectivity index (χ4v) is 7.25. The first-order valence-corrected chi connectivity index (χ1v) is 20.1. The van der Waals surface area contributed by atoms with Crippen LogP contribution in [0.3, 0.4) is 0 Å². The summed E-state index contributed by atoms with van der Waals surface area (Å²) >= 11 is 0. The van der Waals surface area contributed by atoms with Crippen molar-refractivity contribution in [2.75, 3.05) is 80.6 Å². The Morgan fingerprint density at radius 1 is 0.468 bits per heavy atom. The zero-order valence-electron chi connectivity index (χ0n) is 33.9. The van der Waals surface area contributed by atoms with E-state index >= 15 is 0 Å². The minimum atomic E-state index is 0.289. The summed E-state index contributed by atoms with van der Waals surface area (Å²) < 4.78 is 5.39. The van der Waals surface area contributed by atoms with E-state index in [1.54, 1.807) is 4.90 Å². The minimum absolute atomic E-state index is 0.289. The second kappa shape index (κ2) is 25.3. The number of carbonyl (C=O) groups excluding carboxylic acids is 1. The molecular weight excluding hydrogens is 580 g/mol. The molecule has 0 bridgehead atoms. The lowest BCUT2D eigenvalue weighted by atomic mass is 9.84. The van der Waals surface area contributed by atoms with Gasteiger partial charge in [-0.3, -0.25) is 4.79 Å². The molecule has 0 aromatic heterocycles. The zero-order chi connectivity index (χ0) is 35.4. The monoisotopic (exact) mass is 665 g/mol. The summed E-state index contributed by atoms with van der Waals surface area (Å²) in [4.78, 5) is 19.7. The molecule has 5 heterocycles. The van der Waals surface area contributed by atoms with Crippen LogP contribution in [0.1, 0.15) is 132 Å². The van der Waals surface area contributed by atoms with E-state index in [1.165, 1.54) is 110 Å². The van der Waals surface area contributed by atoms with E-state index in [1.807, 2.05) is 7.05 Å². The summed E-state index contributed by atoms with van der Waals surface area (Å²) in [6.07, 6.45) is 16.8. The second-order valence-electron chi connectivity index (χ2n) is 17.4. The predicted octanol–water partition coefficient (Wildman–Crippen LogP) is 8.79. The Morgan fingerprint density at radius 2 is 0.915 bits per heavy atom. The summed E-state index contributed by atoms with van der Waals surface area (Å²) in [5, 5.41) is 0. The Balaban J connectivity index is 0.000000282. The van der Waals surface area contributed by atoms with Crippen LogP contribution in [0.25, 0.3) is 0 Å². The first-order chi connectivity index (χ1) is 22.1. The fraction of sp³-hybridized carbons (Fsp3) is 0.976. The number of carbonyl (C=O) groups is 1. The molecular formula is C41H84N4O2. The number of hydrogen-bond donors (Lipinski definition) is 0. The average molecular weight is 665 g/mol. The van der Waals surface area contributed by atoms with Gasteiger partial charge in [0.15, 0.2) is 0 Å². The maximum absolute atomic E-state index is 10.7. The molecule has 5 atom stereocenters. The van der Waals surface area contributed by atoms with Gasteiger partial charge in [-0.2, -0.15) is 0 Å². The fourth-order valence-electron chi connectivity index (χ4n) is 7.25. The Bertz CT molecular complexity index is 663. The van der Waals surface area contributed by atoms with Crippen LogP contribution >= 0.6 is 0 Å². The highest BCUT2D eigenvalue weighted by Crippen LogP contribution is 2.27. The quantitative estimate of drug-likeness (QED) is 0.259. The molecule has 6 aliphatic rings. The number of nitrogens with zero attached hydrogens (tertiary/aromatic N) is 4. The summed E-state index contributed by atoms with van der Waals surface area (Å²) in [6, 6.07) is 0. The molecule has 5 aliphatic heterocycles. The van der Waals surface area contributed by atoms with Gasteiger partial charge in [0.1, 0.15) is 0 Å². The summed E-state index contributed by atoms with van der Waals surface area (Å²) in [6.45, 7) is 28.0. The molecule has 0 N–H and O–H groups in total. The van der Waals surface area contributed by atoms with Crippen molar-refractivity contribution in [1.29, 1.82) is 0 Å². The molecule has 0 spiro atoms. The largest absolute Gasteiger partial charge is 0.378 e. The van der Waals surface area contributed by atoms with Gasteiger partial charge in [-0.15, -0.1) is 0 Å². The number of amides is 1. The maximum atomic E-state index is 10.7. The maximum Gasteiger partial charge on any atom is 0.222 e. The molecule has 5 unspecified atom stereocenters. The third-order valence-electron chi connectivity index (χ3n) is 11.1. The van der Waals surface area contributed by atoms with Gasteiger partial charge in [0.25, 0.3) is 0 Å². The Labute approximate surface area is 295 Å². The van der Waals surface area contributed by atoms with Gasteiger partial charge in [-0.1, -0.05) is 74.1 Å². The molecule has 47 heavy (non-hydrogen) atoms. The van der Waals surface area contributed by atoms with E-state index in [0.717, 1.165) is 55.1 Å². The van der Waals surface area contributed by atoms with Crippen molar-refractivity contribution >= 4 is 5.91 Å². The van der Waals surface area contributed by atoms with E-state index < -0.39 is 0 Å². The lowest BCUT2D eigenvalue weighted by Crippen LogP contribution is -2.30. The van der Waals surface area contributed by atoms with E-state index in [0.29, 0.717) is 12.0 Å². The van der Waals surface area contributed by atoms with E-state index in [4.69, 9.17) is 4.74 Å². The van der Waals surface area contributed by atoms with Crippen molar-refractivity contribution in [3.8, 4) is 0 Å². The zero-order valence-corrected chi connectivity index (χ0v) is 33.9. The average Bonchev–Trinajstić information content (AvgIpc) is 3.55. The van der Waals surface area contributed by atoms with Crippen LogP contribution in [0.2, 0.25) is 0 Å². The molecule has 5 saturated heterocycles. The Hall–Kier alpha value is -0.690. The van der Waals surface area contributed by atoms with E-state index in [2.05, 4.69) is 91.2 Å². The SMILES string of the molecule is CC1CC(=O)N(C)C1.CC1CCC(C)CC1.CC1CCC(C)OC1.CC1CCCN(C)C1.CC1CCN(C)C1.CC1CCN(C)CC1. The van der Waals surface area contributed by atoms with Gasteiger partial charge in [0.2, 0.25) is 5.91 Å². The predicted molar refractivity (Wildman–Crippen MR) is 205 cm³/mol. The number of piperidine rings is 2. The van der Waals surface area contributed by atoms with Crippen LogP contribution in [0.4, 0.5) is 0 Å². The third kappa shape index (κ3) is 23.4. The van der Waals surface area contributed by atoms with Crippen molar-refractivity contribution in [2.45, 2.75) is 139 Å². The standard InChI is InChI=1S/C8H16.2C7H15N.C7H14O.C6H11NO.C6H13N/c2*1-7-3-5-8(2)6-4-7;1-7-4-3-5-8(2)6-7;1-6-3-4-7(2)8-5-6;1-5-3-6(8)7(2)4-5;1-6-3-4-7(2)5-6/h7-8H,3-6H2,1-2H3;2*7H,3-6H2,1-2H3;6-7H,3-5H2,1-2H3;5H,3-4H2,1-2H3;6H,3-5H2,1-2H3. The summed E-state index contributed by atoms with van der Waals surface area (Å²) in [5.41, 5.74) is 0. The van der Waals surface area contributed by atoms with Gasteiger partial charge < -0.3 is 24.3 Å². The molecule has 1 saturated carbocycles. The van der Waals surface area contributed by atoms with Gasteiger partial charge in [0, 0.05) is 39.7 Å². The van der Waals surface area contributed by atoms with Crippen molar-refractivity contribution in [2.24, 2.45) is 41.4 Å². The molecule has 0 radical (unpaired) electrons. The second-order valence-corrected chi connectivity index (χ2v) is 17.4. The number of ether oxygens (including phenoxy) is 1. The lowest BCUT2D eigenvalue weighted by molar-refractivity contribution is -0.126. The molecule has 0 aromatic carbocycles. The van der Waals surface area contributed by atoms with Crippen LogP contribution in [-0.2, 0) is 9.53 Å².